The van der Waals surface area contributed by atoms with Crippen LogP contribution in [0.3, 0.4) is 0 Å². The van der Waals surface area contributed by atoms with E-state index in [1.165, 1.54) is 22.2 Å². The van der Waals surface area contributed by atoms with Crippen molar-refractivity contribution in [3.8, 4) is 33.3 Å². The first-order chi connectivity index (χ1) is 15.7. The van der Waals surface area contributed by atoms with Gasteiger partial charge < -0.3 is 14.0 Å². The van der Waals surface area contributed by atoms with E-state index in [0.717, 1.165) is 10.4 Å². The maximum Gasteiger partial charge on any atom is 0.271 e. The predicted molar refractivity (Wildman–Crippen MR) is 121 cm³/mol. The maximum absolute atomic E-state index is 13.0. The van der Waals surface area contributed by atoms with Crippen molar-refractivity contribution in [3.05, 3.63) is 77.2 Å². The van der Waals surface area contributed by atoms with Gasteiger partial charge in [-0.25, -0.2) is 4.98 Å². The molecular formula is C23H18N4O4S. The molecule has 5 aromatic rings. The summed E-state index contributed by atoms with van der Waals surface area (Å²) in [4.78, 5) is 22.9. The molecule has 9 heteroatoms. The predicted octanol–water partition coefficient (Wildman–Crippen LogP) is 4.24. The quantitative estimate of drug-likeness (QED) is 0.385. The maximum atomic E-state index is 13.0. The lowest BCUT2D eigenvalue weighted by atomic mass is 10.2. The highest BCUT2D eigenvalue weighted by atomic mass is 32.1. The van der Waals surface area contributed by atoms with E-state index in [1.54, 1.807) is 32.4 Å². The zero-order valence-electron chi connectivity index (χ0n) is 17.3. The number of hydrogen-bond donors (Lipinski definition) is 0. The molecule has 5 rings (SSSR count). The van der Waals surface area contributed by atoms with Gasteiger partial charge in [0, 0.05) is 10.9 Å². The first-order valence-electron chi connectivity index (χ1n) is 9.75. The highest BCUT2D eigenvalue weighted by Crippen LogP contribution is 2.32. The third-order valence-electron chi connectivity index (χ3n) is 4.99. The van der Waals surface area contributed by atoms with Crippen LogP contribution in [-0.4, -0.2) is 33.9 Å². The normalized spacial score (nSPS) is 11.1. The van der Waals surface area contributed by atoms with Gasteiger partial charge in [0.25, 0.3) is 5.56 Å². The summed E-state index contributed by atoms with van der Waals surface area (Å²) >= 11 is 1.42. The summed E-state index contributed by atoms with van der Waals surface area (Å²) < 4.78 is 18.1. The fraction of sp³-hybridized carbons (Fsp3) is 0.130. The molecule has 8 nitrogen and oxygen atoms in total. The lowest BCUT2D eigenvalue weighted by Gasteiger charge is -2.07. The van der Waals surface area contributed by atoms with E-state index in [4.69, 9.17) is 14.0 Å². The molecule has 0 unspecified atom stereocenters. The second-order valence-corrected chi connectivity index (χ2v) is 8.00. The van der Waals surface area contributed by atoms with Crippen LogP contribution in [0.15, 0.2) is 70.2 Å². The first kappa shape index (κ1) is 20.0. The van der Waals surface area contributed by atoms with E-state index >= 15 is 0 Å². The van der Waals surface area contributed by atoms with E-state index in [1.807, 2.05) is 36.4 Å². The molecule has 3 aromatic heterocycles. The Bertz CT molecular complexity index is 1460. The number of aromatic nitrogens is 4. The number of benzene rings is 2. The summed E-state index contributed by atoms with van der Waals surface area (Å²) in [6, 6.07) is 17.2. The number of hydrogen-bond acceptors (Lipinski definition) is 8. The third kappa shape index (κ3) is 3.63. The molecule has 0 bridgehead atoms. The van der Waals surface area contributed by atoms with E-state index in [-0.39, 0.29) is 12.1 Å². The molecule has 0 spiro atoms. The molecular weight excluding hydrogens is 428 g/mol. The van der Waals surface area contributed by atoms with Gasteiger partial charge in [0.15, 0.2) is 0 Å². The van der Waals surface area contributed by atoms with Gasteiger partial charge in [0.2, 0.25) is 11.7 Å². The molecule has 32 heavy (non-hydrogen) atoms. The van der Waals surface area contributed by atoms with Crippen LogP contribution in [0.5, 0.6) is 11.5 Å². The number of rotatable bonds is 6. The van der Waals surface area contributed by atoms with Crippen LogP contribution < -0.4 is 15.0 Å². The smallest absolute Gasteiger partial charge is 0.271 e. The van der Waals surface area contributed by atoms with Gasteiger partial charge in [-0.2, -0.15) is 4.98 Å². The fourth-order valence-corrected chi connectivity index (χ4v) is 4.43. The van der Waals surface area contributed by atoms with Crippen molar-refractivity contribution in [2.75, 3.05) is 14.2 Å². The van der Waals surface area contributed by atoms with Crippen molar-refractivity contribution in [2.45, 2.75) is 6.54 Å². The van der Waals surface area contributed by atoms with Crippen molar-refractivity contribution in [2.24, 2.45) is 0 Å². The second-order valence-electron chi connectivity index (χ2n) is 6.95. The van der Waals surface area contributed by atoms with Crippen LogP contribution in [-0.2, 0) is 6.54 Å². The SMILES string of the molecule is COc1ccc(-c2noc(Cn3cnc4cc(-c5ccccc5)sc4c3=O)n2)c(OC)c1. The molecule has 0 saturated heterocycles. The molecule has 3 heterocycles. The molecule has 0 radical (unpaired) electrons. The number of fused-ring (bicyclic) bond motifs is 1. The summed E-state index contributed by atoms with van der Waals surface area (Å²) in [5, 5.41) is 4.04. The molecule has 0 N–H and O–H groups in total. The number of thiophene rings is 1. The first-order valence-corrected chi connectivity index (χ1v) is 10.6. The van der Waals surface area contributed by atoms with Crippen molar-refractivity contribution >= 4 is 21.6 Å². The summed E-state index contributed by atoms with van der Waals surface area (Å²) in [5.41, 5.74) is 2.24. The van der Waals surface area contributed by atoms with Crippen LogP contribution in [0.4, 0.5) is 0 Å². The Labute approximate surface area is 186 Å². The highest BCUT2D eigenvalue weighted by molar-refractivity contribution is 7.22. The molecule has 0 atom stereocenters. The Morgan fingerprint density at radius 3 is 2.69 bits per heavy atom. The average molecular weight is 446 g/mol. The number of nitrogens with zero attached hydrogens (tertiary/aromatic N) is 4. The van der Waals surface area contributed by atoms with Crippen LogP contribution in [0.1, 0.15) is 5.89 Å². The van der Waals surface area contributed by atoms with Gasteiger partial charge in [0.05, 0.1) is 31.6 Å². The van der Waals surface area contributed by atoms with Gasteiger partial charge in [0.1, 0.15) is 22.7 Å². The third-order valence-corrected chi connectivity index (χ3v) is 6.15. The molecule has 0 fully saturated rings. The van der Waals surface area contributed by atoms with E-state index in [2.05, 4.69) is 15.1 Å². The van der Waals surface area contributed by atoms with Crippen LogP contribution in [0.2, 0.25) is 0 Å². The lowest BCUT2D eigenvalue weighted by molar-refractivity contribution is 0.369. The Kier molecular flexibility index (Phi) is 5.16. The summed E-state index contributed by atoms with van der Waals surface area (Å²) in [5.74, 6) is 1.88. The second kappa shape index (κ2) is 8.27. The highest BCUT2D eigenvalue weighted by Gasteiger charge is 2.16. The molecule has 160 valence electrons. The summed E-state index contributed by atoms with van der Waals surface area (Å²) in [6.45, 7) is 0.117. The molecule has 2 aromatic carbocycles. The fourth-order valence-electron chi connectivity index (χ4n) is 3.36. The van der Waals surface area contributed by atoms with E-state index in [9.17, 15) is 4.79 Å². The Hall–Kier alpha value is -3.98. The van der Waals surface area contributed by atoms with Gasteiger partial charge in [-0.1, -0.05) is 35.5 Å². The zero-order valence-corrected chi connectivity index (χ0v) is 18.1. The Balaban J connectivity index is 1.45. The van der Waals surface area contributed by atoms with E-state index in [0.29, 0.717) is 39.0 Å². The minimum Gasteiger partial charge on any atom is -0.497 e. The minimum atomic E-state index is -0.149. The Morgan fingerprint density at radius 1 is 1.06 bits per heavy atom. The van der Waals surface area contributed by atoms with Gasteiger partial charge in [-0.05, 0) is 23.8 Å². The topological polar surface area (TPSA) is 92.3 Å². The van der Waals surface area contributed by atoms with Crippen molar-refractivity contribution in [3.63, 3.8) is 0 Å². The van der Waals surface area contributed by atoms with Crippen LogP contribution in [0, 0.1) is 0 Å². The molecule has 0 aliphatic carbocycles. The zero-order chi connectivity index (χ0) is 22.1. The minimum absolute atomic E-state index is 0.117. The number of ether oxygens (including phenoxy) is 2. The molecule has 0 amide bonds. The Morgan fingerprint density at radius 2 is 1.91 bits per heavy atom. The van der Waals surface area contributed by atoms with E-state index < -0.39 is 0 Å². The lowest BCUT2D eigenvalue weighted by Crippen LogP contribution is -2.20. The average Bonchev–Trinajstić information content (AvgIpc) is 3.49. The molecule has 0 aliphatic rings. The van der Waals surface area contributed by atoms with Gasteiger partial charge in [-0.3, -0.25) is 9.36 Å². The van der Waals surface area contributed by atoms with Crippen LogP contribution >= 0.6 is 11.3 Å². The largest absolute Gasteiger partial charge is 0.497 e. The number of methoxy groups -OCH3 is 2. The van der Waals surface area contributed by atoms with Gasteiger partial charge >= 0.3 is 0 Å². The van der Waals surface area contributed by atoms with Crippen molar-refractivity contribution < 1.29 is 14.0 Å². The molecule has 0 saturated carbocycles. The van der Waals surface area contributed by atoms with Crippen molar-refractivity contribution in [1.82, 2.24) is 19.7 Å². The van der Waals surface area contributed by atoms with Crippen molar-refractivity contribution in [1.29, 1.82) is 0 Å². The van der Waals surface area contributed by atoms with Gasteiger partial charge in [-0.15, -0.1) is 11.3 Å². The monoisotopic (exact) mass is 446 g/mol. The summed E-state index contributed by atoms with van der Waals surface area (Å²) in [7, 11) is 3.14. The standard InChI is InChI=1S/C23H18N4O4S/c1-29-15-8-9-16(18(10-15)30-2)22-25-20(31-26-22)12-27-13-24-17-11-19(32-21(17)23(27)28)14-6-4-3-5-7-14/h3-11,13H,12H2,1-2H3. The van der Waals surface area contributed by atoms with Crippen LogP contribution in [0.25, 0.3) is 32.0 Å². The summed E-state index contributed by atoms with van der Waals surface area (Å²) in [6.07, 6.45) is 1.50. The molecule has 0 aliphatic heterocycles.